The third-order valence-electron chi connectivity index (χ3n) is 2.18. The predicted molar refractivity (Wildman–Crippen MR) is 48.9 cm³/mol. The Morgan fingerprint density at radius 2 is 2.08 bits per heavy atom. The summed E-state index contributed by atoms with van der Waals surface area (Å²) in [6, 6.07) is 0. The molecule has 0 bridgehead atoms. The van der Waals surface area contributed by atoms with Crippen LogP contribution in [-0.4, -0.2) is 19.5 Å². The van der Waals surface area contributed by atoms with Gasteiger partial charge < -0.3 is 9.47 Å². The van der Waals surface area contributed by atoms with Gasteiger partial charge in [-0.25, -0.2) is 0 Å². The van der Waals surface area contributed by atoms with Crippen molar-refractivity contribution >= 4 is 0 Å². The summed E-state index contributed by atoms with van der Waals surface area (Å²) in [5.74, 6) is 0.766. The highest BCUT2D eigenvalue weighted by atomic mass is 16.7. The van der Waals surface area contributed by atoms with Gasteiger partial charge in [-0.05, 0) is 18.4 Å². The molecule has 70 valence electrons. The Balaban J connectivity index is 2.11. The van der Waals surface area contributed by atoms with Gasteiger partial charge >= 0.3 is 0 Å². The summed E-state index contributed by atoms with van der Waals surface area (Å²) in [6.45, 7) is 5.93. The molecule has 0 saturated carbocycles. The van der Waals surface area contributed by atoms with Crippen LogP contribution in [0.15, 0.2) is 12.2 Å². The molecule has 1 atom stereocenters. The van der Waals surface area contributed by atoms with Crippen molar-refractivity contribution in [3.63, 3.8) is 0 Å². The second kappa shape index (κ2) is 5.33. The van der Waals surface area contributed by atoms with Crippen molar-refractivity contribution in [2.75, 3.05) is 13.2 Å². The van der Waals surface area contributed by atoms with Gasteiger partial charge in [-0.1, -0.05) is 26.3 Å². The van der Waals surface area contributed by atoms with Crippen LogP contribution in [0.3, 0.4) is 0 Å². The molecule has 12 heavy (non-hydrogen) atoms. The van der Waals surface area contributed by atoms with Gasteiger partial charge in [0.25, 0.3) is 0 Å². The van der Waals surface area contributed by atoms with Crippen molar-refractivity contribution < 1.29 is 9.47 Å². The summed E-state index contributed by atoms with van der Waals surface area (Å²) in [6.07, 6.45) is 6.45. The highest BCUT2D eigenvalue weighted by Crippen LogP contribution is 2.09. The van der Waals surface area contributed by atoms with E-state index in [1.54, 1.807) is 0 Å². The van der Waals surface area contributed by atoms with Crippen molar-refractivity contribution in [2.45, 2.75) is 33.0 Å². The monoisotopic (exact) mass is 170 g/mol. The maximum atomic E-state index is 5.26. The molecule has 0 aromatic rings. The maximum Gasteiger partial charge on any atom is 0.177 e. The molecular weight excluding hydrogens is 152 g/mol. The molecule has 1 rings (SSSR count). The van der Waals surface area contributed by atoms with Crippen LogP contribution in [0.2, 0.25) is 0 Å². The van der Waals surface area contributed by atoms with Gasteiger partial charge in [-0.3, -0.25) is 0 Å². The van der Waals surface area contributed by atoms with Gasteiger partial charge in [-0.15, -0.1) is 0 Å². The molecule has 1 saturated heterocycles. The largest absolute Gasteiger partial charge is 0.347 e. The second-order valence-corrected chi connectivity index (χ2v) is 3.29. The zero-order valence-corrected chi connectivity index (χ0v) is 7.95. The van der Waals surface area contributed by atoms with E-state index in [9.17, 15) is 0 Å². The van der Waals surface area contributed by atoms with Gasteiger partial charge in [0.15, 0.2) is 6.29 Å². The smallest absolute Gasteiger partial charge is 0.177 e. The SMILES string of the molecule is CC[C@H](C)C/C=C/C1OCCO1. The molecule has 0 spiro atoms. The Kier molecular flexibility index (Phi) is 4.33. The molecule has 1 aliphatic rings. The van der Waals surface area contributed by atoms with E-state index in [0.717, 1.165) is 25.6 Å². The lowest BCUT2D eigenvalue weighted by atomic mass is 10.1. The molecule has 0 aliphatic carbocycles. The van der Waals surface area contributed by atoms with Crippen LogP contribution in [-0.2, 0) is 9.47 Å². The maximum absolute atomic E-state index is 5.26. The molecule has 0 aromatic heterocycles. The molecule has 0 N–H and O–H groups in total. The minimum Gasteiger partial charge on any atom is -0.347 e. The molecular formula is C10H18O2. The van der Waals surface area contributed by atoms with E-state index in [1.165, 1.54) is 6.42 Å². The summed E-state index contributed by atoms with van der Waals surface area (Å²) in [5.41, 5.74) is 0. The van der Waals surface area contributed by atoms with Crippen LogP contribution in [0, 0.1) is 5.92 Å². The quantitative estimate of drug-likeness (QED) is 0.603. The van der Waals surface area contributed by atoms with Gasteiger partial charge in [0.05, 0.1) is 13.2 Å². The molecule has 0 amide bonds. The third kappa shape index (κ3) is 3.37. The number of ether oxygens (including phenoxy) is 2. The summed E-state index contributed by atoms with van der Waals surface area (Å²) in [5, 5.41) is 0. The van der Waals surface area contributed by atoms with Gasteiger partial charge in [0, 0.05) is 0 Å². The molecule has 0 aromatic carbocycles. The lowest BCUT2D eigenvalue weighted by molar-refractivity contribution is -0.00177. The number of rotatable bonds is 4. The van der Waals surface area contributed by atoms with Gasteiger partial charge in [0.2, 0.25) is 0 Å². The fraction of sp³-hybridized carbons (Fsp3) is 0.800. The number of hydrogen-bond donors (Lipinski definition) is 0. The van der Waals surface area contributed by atoms with Crippen molar-refractivity contribution in [3.05, 3.63) is 12.2 Å². The summed E-state index contributed by atoms with van der Waals surface area (Å²) >= 11 is 0. The average molecular weight is 170 g/mol. The molecule has 2 heteroatoms. The first-order valence-corrected chi connectivity index (χ1v) is 4.72. The van der Waals surface area contributed by atoms with E-state index in [-0.39, 0.29) is 6.29 Å². The second-order valence-electron chi connectivity index (χ2n) is 3.29. The molecule has 0 unspecified atom stereocenters. The molecule has 1 fully saturated rings. The van der Waals surface area contributed by atoms with Gasteiger partial charge in [0.1, 0.15) is 0 Å². The third-order valence-corrected chi connectivity index (χ3v) is 2.18. The lowest BCUT2D eigenvalue weighted by Crippen LogP contribution is -2.02. The van der Waals surface area contributed by atoms with E-state index in [0.29, 0.717) is 0 Å². The van der Waals surface area contributed by atoms with E-state index in [2.05, 4.69) is 19.9 Å². The average Bonchev–Trinajstić information content (AvgIpc) is 2.57. The van der Waals surface area contributed by atoms with Crippen LogP contribution in [0.4, 0.5) is 0 Å². The molecule has 2 nitrogen and oxygen atoms in total. The standard InChI is InChI=1S/C10H18O2/c1-3-9(2)5-4-6-10-11-7-8-12-10/h4,6,9-10H,3,5,7-8H2,1-2H3/b6-4+/t9-/m0/s1. The van der Waals surface area contributed by atoms with Crippen LogP contribution in [0.25, 0.3) is 0 Å². The molecule has 0 radical (unpaired) electrons. The Labute approximate surface area is 74.6 Å². The van der Waals surface area contributed by atoms with E-state index in [4.69, 9.17) is 9.47 Å². The van der Waals surface area contributed by atoms with E-state index >= 15 is 0 Å². The van der Waals surface area contributed by atoms with Crippen molar-refractivity contribution in [1.82, 2.24) is 0 Å². The van der Waals surface area contributed by atoms with Crippen LogP contribution < -0.4 is 0 Å². The first-order valence-electron chi connectivity index (χ1n) is 4.72. The normalized spacial score (nSPS) is 22.2. The minimum atomic E-state index is -0.0749. The first-order chi connectivity index (χ1) is 5.83. The Hall–Kier alpha value is -0.340. The van der Waals surface area contributed by atoms with Crippen molar-refractivity contribution in [1.29, 1.82) is 0 Å². The zero-order chi connectivity index (χ0) is 8.81. The first kappa shape index (κ1) is 9.75. The Bertz CT molecular complexity index is 137. The van der Waals surface area contributed by atoms with E-state index < -0.39 is 0 Å². The fourth-order valence-electron chi connectivity index (χ4n) is 1.08. The topological polar surface area (TPSA) is 18.5 Å². The number of allylic oxidation sites excluding steroid dienone is 1. The lowest BCUT2D eigenvalue weighted by Gasteiger charge is -2.04. The summed E-state index contributed by atoms with van der Waals surface area (Å²) in [4.78, 5) is 0. The van der Waals surface area contributed by atoms with Gasteiger partial charge in [-0.2, -0.15) is 0 Å². The van der Waals surface area contributed by atoms with Crippen LogP contribution in [0.5, 0.6) is 0 Å². The Morgan fingerprint density at radius 1 is 1.42 bits per heavy atom. The van der Waals surface area contributed by atoms with Crippen molar-refractivity contribution in [3.8, 4) is 0 Å². The number of hydrogen-bond acceptors (Lipinski definition) is 2. The summed E-state index contributed by atoms with van der Waals surface area (Å²) < 4.78 is 10.5. The minimum absolute atomic E-state index is 0.0749. The van der Waals surface area contributed by atoms with Crippen LogP contribution >= 0.6 is 0 Å². The molecule has 1 aliphatic heterocycles. The fourth-order valence-corrected chi connectivity index (χ4v) is 1.08. The molecule has 1 heterocycles. The highest BCUT2D eigenvalue weighted by molar-refractivity contribution is 4.87. The predicted octanol–water partition coefficient (Wildman–Crippen LogP) is 2.35. The highest BCUT2D eigenvalue weighted by Gasteiger charge is 2.11. The van der Waals surface area contributed by atoms with Crippen LogP contribution in [0.1, 0.15) is 26.7 Å². The van der Waals surface area contributed by atoms with E-state index in [1.807, 2.05) is 6.08 Å². The van der Waals surface area contributed by atoms with Crippen molar-refractivity contribution in [2.24, 2.45) is 5.92 Å². The Morgan fingerprint density at radius 3 is 2.67 bits per heavy atom. The summed E-state index contributed by atoms with van der Waals surface area (Å²) in [7, 11) is 0. The zero-order valence-electron chi connectivity index (χ0n) is 7.95.